The quantitative estimate of drug-likeness (QED) is 0.733. The Bertz CT molecular complexity index is 420. The summed E-state index contributed by atoms with van der Waals surface area (Å²) in [5, 5.41) is 9.58. The van der Waals surface area contributed by atoms with Gasteiger partial charge in [-0.3, -0.25) is 0 Å². The summed E-state index contributed by atoms with van der Waals surface area (Å²) in [5.74, 6) is 0.459. The van der Waals surface area contributed by atoms with E-state index in [4.69, 9.17) is 9.47 Å². The number of aromatic hydroxyl groups is 1. The smallest absolute Gasteiger partial charge is 0.350 e. The van der Waals surface area contributed by atoms with Gasteiger partial charge in [-0.2, -0.15) is 0 Å². The minimum atomic E-state index is -0.975. The average molecular weight is 222 g/mol. The van der Waals surface area contributed by atoms with Gasteiger partial charge in [0.05, 0.1) is 7.11 Å². The molecule has 1 N–H and O–H groups in total. The van der Waals surface area contributed by atoms with Crippen LogP contribution in [0.2, 0.25) is 0 Å². The van der Waals surface area contributed by atoms with Crippen LogP contribution in [0.25, 0.3) is 0 Å². The van der Waals surface area contributed by atoms with Gasteiger partial charge in [-0.15, -0.1) is 0 Å². The highest BCUT2D eigenvalue weighted by atomic mass is 16.6. The van der Waals surface area contributed by atoms with E-state index in [1.54, 1.807) is 26.0 Å². The van der Waals surface area contributed by atoms with Crippen LogP contribution in [0.15, 0.2) is 12.1 Å². The van der Waals surface area contributed by atoms with Crippen molar-refractivity contribution < 1.29 is 19.4 Å². The number of carbonyl (C=O) groups is 1. The van der Waals surface area contributed by atoms with Crippen LogP contribution in [0.3, 0.4) is 0 Å². The van der Waals surface area contributed by atoms with E-state index in [0.29, 0.717) is 12.2 Å². The number of phenolic OH excluding ortho intramolecular Hbond substituents is 1. The molecule has 1 aromatic carbocycles. The van der Waals surface area contributed by atoms with Crippen molar-refractivity contribution >= 4 is 5.97 Å². The summed E-state index contributed by atoms with van der Waals surface area (Å²) < 4.78 is 10.3. The topological polar surface area (TPSA) is 55.8 Å². The molecule has 86 valence electrons. The first-order valence-electron chi connectivity index (χ1n) is 5.06. The molecule has 0 saturated carbocycles. The lowest BCUT2D eigenvalue weighted by Gasteiger charge is -2.20. The monoisotopic (exact) mass is 222 g/mol. The van der Waals surface area contributed by atoms with Crippen LogP contribution in [-0.2, 0) is 16.0 Å². The molecule has 16 heavy (non-hydrogen) atoms. The lowest BCUT2D eigenvalue weighted by molar-refractivity contribution is -0.156. The molecule has 0 bridgehead atoms. The maximum Gasteiger partial charge on any atom is 0.350 e. The lowest BCUT2D eigenvalue weighted by atomic mass is 9.99. The predicted molar refractivity (Wildman–Crippen MR) is 57.6 cm³/mol. The van der Waals surface area contributed by atoms with Gasteiger partial charge in [0.15, 0.2) is 0 Å². The molecular weight excluding hydrogens is 208 g/mol. The Morgan fingerprint density at radius 3 is 2.88 bits per heavy atom. The van der Waals surface area contributed by atoms with Gasteiger partial charge in [0.25, 0.3) is 0 Å². The fourth-order valence-electron chi connectivity index (χ4n) is 1.92. The Kier molecular flexibility index (Phi) is 2.30. The fraction of sp³-hybridized carbons (Fsp3) is 0.417. The predicted octanol–water partition coefficient (Wildman–Crippen LogP) is 1.57. The SMILES string of the molecule is COC(=O)C1(C)Cc2cc(O)c(C)cc2O1. The van der Waals surface area contributed by atoms with Crippen molar-refractivity contribution in [3.05, 3.63) is 23.3 Å². The van der Waals surface area contributed by atoms with Crippen LogP contribution in [0.1, 0.15) is 18.1 Å². The minimum absolute atomic E-state index is 0.219. The highest BCUT2D eigenvalue weighted by Gasteiger charge is 2.43. The normalized spacial score (nSPS) is 22.4. The van der Waals surface area contributed by atoms with E-state index >= 15 is 0 Å². The van der Waals surface area contributed by atoms with Crippen LogP contribution < -0.4 is 4.74 Å². The number of methoxy groups -OCH3 is 1. The third kappa shape index (κ3) is 1.50. The molecule has 1 heterocycles. The van der Waals surface area contributed by atoms with Crippen molar-refractivity contribution in [3.63, 3.8) is 0 Å². The molecular formula is C12H14O4. The van der Waals surface area contributed by atoms with Crippen LogP contribution in [0, 0.1) is 6.92 Å². The van der Waals surface area contributed by atoms with Gasteiger partial charge in [0, 0.05) is 12.0 Å². The van der Waals surface area contributed by atoms with Crippen LogP contribution in [0.5, 0.6) is 11.5 Å². The molecule has 0 saturated heterocycles. The number of fused-ring (bicyclic) bond motifs is 1. The molecule has 1 aliphatic rings. The molecule has 4 nitrogen and oxygen atoms in total. The third-order valence-corrected chi connectivity index (χ3v) is 2.86. The van der Waals surface area contributed by atoms with E-state index in [1.165, 1.54) is 7.11 Å². The molecule has 1 aliphatic heterocycles. The molecule has 0 fully saturated rings. The Morgan fingerprint density at radius 1 is 1.56 bits per heavy atom. The highest BCUT2D eigenvalue weighted by Crippen LogP contribution is 2.39. The first-order chi connectivity index (χ1) is 7.46. The van der Waals surface area contributed by atoms with E-state index in [1.807, 2.05) is 0 Å². The number of hydrogen-bond donors (Lipinski definition) is 1. The van der Waals surface area contributed by atoms with E-state index in [0.717, 1.165) is 11.1 Å². The van der Waals surface area contributed by atoms with Gasteiger partial charge in [-0.05, 0) is 31.5 Å². The Balaban J connectivity index is 2.37. The van der Waals surface area contributed by atoms with Crippen LogP contribution >= 0.6 is 0 Å². The summed E-state index contributed by atoms with van der Waals surface area (Å²) in [6, 6.07) is 3.37. The van der Waals surface area contributed by atoms with Gasteiger partial charge >= 0.3 is 5.97 Å². The lowest BCUT2D eigenvalue weighted by Crippen LogP contribution is -2.40. The molecule has 4 heteroatoms. The Morgan fingerprint density at radius 2 is 2.25 bits per heavy atom. The van der Waals surface area contributed by atoms with Gasteiger partial charge in [0.2, 0.25) is 5.60 Å². The summed E-state index contributed by atoms with van der Waals surface area (Å²) in [5.41, 5.74) is 0.584. The van der Waals surface area contributed by atoms with Crippen molar-refractivity contribution in [3.8, 4) is 11.5 Å². The number of aryl methyl sites for hydroxylation is 1. The maximum atomic E-state index is 11.6. The number of ether oxygens (including phenoxy) is 2. The second-order valence-electron chi connectivity index (χ2n) is 4.25. The van der Waals surface area contributed by atoms with Crippen molar-refractivity contribution in [2.24, 2.45) is 0 Å². The molecule has 1 unspecified atom stereocenters. The number of phenols is 1. The van der Waals surface area contributed by atoms with Crippen LogP contribution in [0.4, 0.5) is 0 Å². The molecule has 1 atom stereocenters. The number of esters is 1. The van der Waals surface area contributed by atoms with Crippen molar-refractivity contribution in [2.75, 3.05) is 7.11 Å². The second kappa shape index (κ2) is 3.40. The highest BCUT2D eigenvalue weighted by molar-refractivity contribution is 5.81. The molecule has 0 spiro atoms. The average Bonchev–Trinajstić information content (AvgIpc) is 2.55. The zero-order valence-corrected chi connectivity index (χ0v) is 9.53. The second-order valence-corrected chi connectivity index (χ2v) is 4.25. The summed E-state index contributed by atoms with van der Waals surface area (Å²) in [4.78, 5) is 11.6. The zero-order chi connectivity index (χ0) is 11.9. The van der Waals surface area contributed by atoms with Crippen LogP contribution in [-0.4, -0.2) is 23.8 Å². The first-order valence-corrected chi connectivity index (χ1v) is 5.06. The molecule has 0 aliphatic carbocycles. The Labute approximate surface area is 93.8 Å². The van der Waals surface area contributed by atoms with Gasteiger partial charge in [-0.1, -0.05) is 0 Å². The standard InChI is InChI=1S/C12H14O4/c1-7-4-10-8(5-9(7)13)6-12(2,16-10)11(14)15-3/h4-5,13H,6H2,1-3H3. The first kappa shape index (κ1) is 10.8. The molecule has 1 aromatic rings. The van der Waals surface area contributed by atoms with Gasteiger partial charge in [-0.25, -0.2) is 4.79 Å². The molecule has 0 aromatic heterocycles. The van der Waals surface area contributed by atoms with Crippen molar-refractivity contribution in [1.82, 2.24) is 0 Å². The fourth-order valence-corrected chi connectivity index (χ4v) is 1.92. The maximum absolute atomic E-state index is 11.6. The van der Waals surface area contributed by atoms with E-state index in [9.17, 15) is 9.90 Å². The van der Waals surface area contributed by atoms with Crippen molar-refractivity contribution in [2.45, 2.75) is 25.9 Å². The summed E-state index contributed by atoms with van der Waals surface area (Å²) in [6.45, 7) is 3.47. The number of carbonyl (C=O) groups excluding carboxylic acids is 1. The zero-order valence-electron chi connectivity index (χ0n) is 9.53. The van der Waals surface area contributed by atoms with E-state index in [2.05, 4.69) is 0 Å². The van der Waals surface area contributed by atoms with Gasteiger partial charge < -0.3 is 14.6 Å². The summed E-state index contributed by atoms with van der Waals surface area (Å²) in [6.07, 6.45) is 0.419. The summed E-state index contributed by atoms with van der Waals surface area (Å²) in [7, 11) is 1.34. The minimum Gasteiger partial charge on any atom is -0.508 e. The summed E-state index contributed by atoms with van der Waals surface area (Å²) >= 11 is 0. The number of benzene rings is 1. The third-order valence-electron chi connectivity index (χ3n) is 2.86. The van der Waals surface area contributed by atoms with Gasteiger partial charge in [0.1, 0.15) is 11.5 Å². The largest absolute Gasteiger partial charge is 0.508 e. The molecule has 0 radical (unpaired) electrons. The van der Waals surface area contributed by atoms with E-state index in [-0.39, 0.29) is 5.75 Å². The Hall–Kier alpha value is -1.71. The van der Waals surface area contributed by atoms with Crippen molar-refractivity contribution in [1.29, 1.82) is 0 Å². The van der Waals surface area contributed by atoms with E-state index < -0.39 is 11.6 Å². The molecule has 0 amide bonds. The number of hydrogen-bond acceptors (Lipinski definition) is 4. The molecule has 2 rings (SSSR count). The number of rotatable bonds is 1.